The molecular weight excluding hydrogens is 262 g/mol. The van der Waals surface area contributed by atoms with Gasteiger partial charge in [0.05, 0.1) is 7.11 Å². The van der Waals surface area contributed by atoms with Gasteiger partial charge in [0.1, 0.15) is 11.5 Å². The molecule has 20 heavy (non-hydrogen) atoms. The topological polar surface area (TPSA) is 26.3 Å². The first-order valence-electron chi connectivity index (χ1n) is 6.17. The van der Waals surface area contributed by atoms with Crippen LogP contribution in [-0.4, -0.2) is 12.9 Å². The van der Waals surface area contributed by atoms with Gasteiger partial charge in [0.2, 0.25) is 0 Å². The molecule has 0 heterocycles. The molecule has 2 aromatic carbocycles. The number of halogens is 2. The number of ketones is 1. The Hall–Kier alpha value is -2.23. The Balaban J connectivity index is 2.03. The molecule has 0 aliphatic rings. The zero-order valence-electron chi connectivity index (χ0n) is 11.0. The first kappa shape index (κ1) is 14.2. The van der Waals surface area contributed by atoms with E-state index in [1.54, 1.807) is 31.4 Å². The summed E-state index contributed by atoms with van der Waals surface area (Å²) < 4.78 is 31.5. The lowest BCUT2D eigenvalue weighted by Crippen LogP contribution is -2.08. The van der Waals surface area contributed by atoms with Crippen LogP contribution in [-0.2, 0) is 17.6 Å². The van der Waals surface area contributed by atoms with Gasteiger partial charge in [0.25, 0.3) is 0 Å². The highest BCUT2D eigenvalue weighted by molar-refractivity contribution is 5.83. The normalized spacial score (nSPS) is 10.3. The molecule has 0 N–H and O–H groups in total. The summed E-state index contributed by atoms with van der Waals surface area (Å²) in [5, 5.41) is 0. The zero-order valence-corrected chi connectivity index (χ0v) is 11.0. The smallest absolute Gasteiger partial charge is 0.162 e. The highest BCUT2D eigenvalue weighted by Crippen LogP contribution is 2.15. The van der Waals surface area contributed by atoms with Crippen LogP contribution >= 0.6 is 0 Å². The summed E-state index contributed by atoms with van der Waals surface area (Å²) in [6.07, 6.45) is 0.0650. The van der Waals surface area contributed by atoms with E-state index in [-0.39, 0.29) is 24.2 Å². The zero-order chi connectivity index (χ0) is 14.5. The molecule has 0 radical (unpaired) electrons. The van der Waals surface area contributed by atoms with Crippen molar-refractivity contribution in [1.29, 1.82) is 0 Å². The van der Waals surface area contributed by atoms with Crippen molar-refractivity contribution in [3.8, 4) is 5.75 Å². The SMILES string of the molecule is COc1ccc(CC(=O)Cc2cccc(F)c2F)cc1. The van der Waals surface area contributed by atoms with Crippen molar-refractivity contribution in [2.45, 2.75) is 12.8 Å². The molecule has 0 spiro atoms. The van der Waals surface area contributed by atoms with Gasteiger partial charge in [0.15, 0.2) is 11.6 Å². The summed E-state index contributed by atoms with van der Waals surface area (Å²) in [5.74, 6) is -1.34. The quantitative estimate of drug-likeness (QED) is 0.837. The number of carbonyl (C=O) groups excluding carboxylic acids is 1. The number of rotatable bonds is 5. The maximum absolute atomic E-state index is 13.5. The van der Waals surface area contributed by atoms with Crippen molar-refractivity contribution in [2.24, 2.45) is 0 Å². The molecule has 2 nitrogen and oxygen atoms in total. The van der Waals surface area contributed by atoms with Gasteiger partial charge in [-0.3, -0.25) is 4.79 Å². The number of hydrogen-bond donors (Lipinski definition) is 0. The van der Waals surface area contributed by atoms with Crippen LogP contribution in [0.4, 0.5) is 8.78 Å². The summed E-state index contributed by atoms with van der Waals surface area (Å²) in [5.41, 5.74) is 0.899. The molecular formula is C16H14F2O2. The molecule has 0 saturated heterocycles. The maximum atomic E-state index is 13.5. The van der Waals surface area contributed by atoms with E-state index in [1.807, 2.05) is 0 Å². The van der Waals surface area contributed by atoms with E-state index in [9.17, 15) is 13.6 Å². The van der Waals surface area contributed by atoms with Crippen LogP contribution in [0.2, 0.25) is 0 Å². The van der Waals surface area contributed by atoms with Gasteiger partial charge >= 0.3 is 0 Å². The summed E-state index contributed by atoms with van der Waals surface area (Å²) in [6, 6.07) is 10.9. The number of methoxy groups -OCH3 is 1. The Morgan fingerprint density at radius 3 is 2.40 bits per heavy atom. The highest BCUT2D eigenvalue weighted by Gasteiger charge is 2.12. The van der Waals surface area contributed by atoms with Crippen LogP contribution in [0.25, 0.3) is 0 Å². The van der Waals surface area contributed by atoms with Crippen molar-refractivity contribution in [2.75, 3.05) is 7.11 Å². The van der Waals surface area contributed by atoms with Crippen LogP contribution < -0.4 is 4.74 Å². The lowest BCUT2D eigenvalue weighted by atomic mass is 10.0. The fourth-order valence-corrected chi connectivity index (χ4v) is 1.93. The molecule has 0 unspecified atom stereocenters. The molecule has 0 bridgehead atoms. The van der Waals surface area contributed by atoms with Crippen LogP contribution in [0.1, 0.15) is 11.1 Å². The first-order valence-corrected chi connectivity index (χ1v) is 6.17. The minimum atomic E-state index is -0.949. The first-order chi connectivity index (χ1) is 9.60. The van der Waals surface area contributed by atoms with E-state index in [1.165, 1.54) is 12.1 Å². The van der Waals surface area contributed by atoms with Crippen LogP contribution in [0.15, 0.2) is 42.5 Å². The van der Waals surface area contributed by atoms with E-state index in [0.717, 1.165) is 11.6 Å². The molecule has 104 valence electrons. The van der Waals surface area contributed by atoms with E-state index >= 15 is 0 Å². The van der Waals surface area contributed by atoms with Crippen molar-refractivity contribution in [3.63, 3.8) is 0 Å². The van der Waals surface area contributed by atoms with E-state index in [0.29, 0.717) is 5.75 Å². The maximum Gasteiger partial charge on any atom is 0.162 e. The number of carbonyl (C=O) groups is 1. The molecule has 0 saturated carbocycles. The van der Waals surface area contributed by atoms with Crippen molar-refractivity contribution in [1.82, 2.24) is 0 Å². The summed E-state index contributed by atoms with van der Waals surface area (Å²) in [7, 11) is 1.56. The lowest BCUT2D eigenvalue weighted by molar-refractivity contribution is -0.117. The Labute approximate surface area is 116 Å². The Morgan fingerprint density at radius 1 is 1.05 bits per heavy atom. The predicted molar refractivity (Wildman–Crippen MR) is 71.8 cm³/mol. The van der Waals surface area contributed by atoms with Gasteiger partial charge < -0.3 is 4.74 Å². The molecule has 0 aliphatic carbocycles. The van der Waals surface area contributed by atoms with E-state index < -0.39 is 11.6 Å². The molecule has 0 aromatic heterocycles. The third-order valence-electron chi connectivity index (χ3n) is 2.98. The molecule has 0 fully saturated rings. The van der Waals surface area contributed by atoms with Crippen molar-refractivity contribution in [3.05, 3.63) is 65.2 Å². The molecule has 0 amide bonds. The summed E-state index contributed by atoms with van der Waals surface area (Å²) >= 11 is 0. The Morgan fingerprint density at radius 2 is 1.75 bits per heavy atom. The predicted octanol–water partition coefficient (Wildman–Crippen LogP) is 3.33. The second-order valence-corrected chi connectivity index (χ2v) is 4.45. The number of Topliss-reactive ketones (excluding diaryl/α,β-unsaturated/α-hetero) is 1. The van der Waals surface area contributed by atoms with Gasteiger partial charge in [-0.2, -0.15) is 0 Å². The third-order valence-corrected chi connectivity index (χ3v) is 2.98. The minimum absolute atomic E-state index is 0.0866. The number of benzene rings is 2. The van der Waals surface area contributed by atoms with Crippen LogP contribution in [0.3, 0.4) is 0 Å². The average molecular weight is 276 g/mol. The van der Waals surface area contributed by atoms with Gasteiger partial charge in [-0.15, -0.1) is 0 Å². The van der Waals surface area contributed by atoms with Gasteiger partial charge in [-0.25, -0.2) is 8.78 Å². The Bertz CT molecular complexity index is 606. The van der Waals surface area contributed by atoms with Crippen LogP contribution in [0.5, 0.6) is 5.75 Å². The molecule has 0 aliphatic heterocycles. The summed E-state index contributed by atoms with van der Waals surface area (Å²) in [6.45, 7) is 0. The number of ether oxygens (including phenoxy) is 1. The molecule has 0 atom stereocenters. The molecule has 2 rings (SSSR count). The van der Waals surface area contributed by atoms with Crippen molar-refractivity contribution >= 4 is 5.78 Å². The fourth-order valence-electron chi connectivity index (χ4n) is 1.93. The summed E-state index contributed by atoms with van der Waals surface area (Å²) in [4.78, 5) is 11.9. The van der Waals surface area contributed by atoms with Crippen LogP contribution in [0, 0.1) is 11.6 Å². The van der Waals surface area contributed by atoms with E-state index in [2.05, 4.69) is 0 Å². The van der Waals surface area contributed by atoms with Gasteiger partial charge in [0, 0.05) is 12.8 Å². The third kappa shape index (κ3) is 3.41. The number of hydrogen-bond acceptors (Lipinski definition) is 2. The van der Waals surface area contributed by atoms with Gasteiger partial charge in [-0.1, -0.05) is 24.3 Å². The Kier molecular flexibility index (Phi) is 4.45. The monoisotopic (exact) mass is 276 g/mol. The molecule has 4 heteroatoms. The standard InChI is InChI=1S/C16H14F2O2/c1-20-14-7-5-11(6-8-14)9-13(19)10-12-3-2-4-15(17)16(12)18/h2-8H,9-10H2,1H3. The fraction of sp³-hybridized carbons (Fsp3) is 0.188. The van der Waals surface area contributed by atoms with Crippen molar-refractivity contribution < 1.29 is 18.3 Å². The lowest BCUT2D eigenvalue weighted by Gasteiger charge is -2.05. The second kappa shape index (κ2) is 6.28. The molecule has 2 aromatic rings. The highest BCUT2D eigenvalue weighted by atomic mass is 19.2. The van der Waals surface area contributed by atoms with E-state index in [4.69, 9.17) is 4.74 Å². The second-order valence-electron chi connectivity index (χ2n) is 4.45. The average Bonchev–Trinajstić information content (AvgIpc) is 2.45. The minimum Gasteiger partial charge on any atom is -0.497 e. The largest absolute Gasteiger partial charge is 0.497 e. The van der Waals surface area contributed by atoms with Gasteiger partial charge in [-0.05, 0) is 29.3 Å².